The van der Waals surface area contributed by atoms with E-state index in [1.54, 1.807) is 22.6 Å². The van der Waals surface area contributed by atoms with Gasteiger partial charge in [0.05, 0.1) is 5.69 Å². The second-order valence-electron chi connectivity index (χ2n) is 2.23. The van der Waals surface area contributed by atoms with Crippen molar-refractivity contribution in [2.24, 2.45) is 0 Å². The summed E-state index contributed by atoms with van der Waals surface area (Å²) in [7, 11) is 0. The van der Waals surface area contributed by atoms with E-state index in [0.717, 1.165) is 6.07 Å². The van der Waals surface area contributed by atoms with Gasteiger partial charge >= 0.3 is 0 Å². The van der Waals surface area contributed by atoms with Crippen LogP contribution in [-0.2, 0) is 5.33 Å². The molecule has 0 saturated carbocycles. The van der Waals surface area contributed by atoms with Gasteiger partial charge in [0.15, 0.2) is 0 Å². The normalized spacial score (nSPS) is 10.9. The van der Waals surface area contributed by atoms with E-state index < -0.39 is 12.4 Å². The Morgan fingerprint density at radius 2 is 2.15 bits per heavy atom. The van der Waals surface area contributed by atoms with Gasteiger partial charge in [0, 0.05) is 20.5 Å². The van der Waals surface area contributed by atoms with Gasteiger partial charge in [-0.15, -0.1) is 0 Å². The lowest BCUT2D eigenvalue weighted by Crippen LogP contribution is -2.00. The average Bonchev–Trinajstić information content (AvgIpc) is 2.08. The number of hydrogen-bond donors (Lipinski definition) is 0. The largest absolute Gasteiger partial charge is 0.265 e. The summed E-state index contributed by atoms with van der Waals surface area (Å²) in [5, 5.41) is 0.267. The number of nitrogens with zero attached hydrogens (tertiary/aromatic N) is 1. The van der Waals surface area contributed by atoms with Crippen LogP contribution in [0.5, 0.6) is 0 Å². The Hall–Kier alpha value is 0.150. The minimum atomic E-state index is -2.66. The van der Waals surface area contributed by atoms with Crippen LogP contribution in [-0.4, -0.2) is 4.98 Å². The average molecular weight is 366 g/mol. The number of rotatable bonds is 2. The molecule has 0 atom stereocenters. The summed E-state index contributed by atoms with van der Waals surface area (Å²) in [6.45, 7) is 0. The maximum absolute atomic E-state index is 12.7. The van der Waals surface area contributed by atoms with Gasteiger partial charge < -0.3 is 0 Å². The Bertz CT molecular complexity index is 319. The maximum Gasteiger partial charge on any atom is 0.265 e. The standard InChI is InChI=1S/C7H4BrF3IN/c8-2-4-6(12)3(7(10)11)1-5(9)13-4/h1,7H,2H2. The molecule has 0 aliphatic rings. The van der Waals surface area contributed by atoms with Crippen molar-refractivity contribution in [3.05, 3.63) is 26.8 Å². The molecule has 1 nitrogen and oxygen atoms in total. The molecule has 13 heavy (non-hydrogen) atoms. The van der Waals surface area contributed by atoms with E-state index in [2.05, 4.69) is 20.9 Å². The molecule has 1 rings (SSSR count). The highest BCUT2D eigenvalue weighted by molar-refractivity contribution is 14.1. The zero-order valence-electron chi connectivity index (χ0n) is 6.20. The van der Waals surface area contributed by atoms with Crippen LogP contribution < -0.4 is 0 Å². The van der Waals surface area contributed by atoms with Gasteiger partial charge in [-0.25, -0.2) is 13.8 Å². The van der Waals surface area contributed by atoms with E-state index in [9.17, 15) is 13.2 Å². The Labute approximate surface area is 95.0 Å². The van der Waals surface area contributed by atoms with Crippen LogP contribution in [0.15, 0.2) is 6.07 Å². The molecule has 0 fully saturated rings. The van der Waals surface area contributed by atoms with Gasteiger partial charge in [-0.05, 0) is 22.6 Å². The van der Waals surface area contributed by atoms with Crippen LogP contribution in [0.3, 0.4) is 0 Å². The molecule has 0 unspecified atom stereocenters. The van der Waals surface area contributed by atoms with Crippen molar-refractivity contribution in [3.63, 3.8) is 0 Å². The second kappa shape index (κ2) is 4.59. The molecule has 1 aromatic heterocycles. The van der Waals surface area contributed by atoms with Gasteiger partial charge in [0.2, 0.25) is 5.95 Å². The monoisotopic (exact) mass is 365 g/mol. The minimum Gasteiger partial charge on any atom is -0.223 e. The van der Waals surface area contributed by atoms with Gasteiger partial charge in [0.1, 0.15) is 0 Å². The number of alkyl halides is 3. The summed E-state index contributed by atoms with van der Waals surface area (Å²) in [4.78, 5) is 3.48. The lowest BCUT2D eigenvalue weighted by molar-refractivity contribution is 0.149. The van der Waals surface area contributed by atoms with E-state index >= 15 is 0 Å². The molecule has 0 aliphatic carbocycles. The van der Waals surface area contributed by atoms with Crippen LogP contribution in [0.4, 0.5) is 13.2 Å². The van der Waals surface area contributed by atoms with Crippen molar-refractivity contribution in [2.75, 3.05) is 0 Å². The summed E-state index contributed by atoms with van der Waals surface area (Å²) in [6, 6.07) is 0.762. The zero-order valence-corrected chi connectivity index (χ0v) is 9.94. The van der Waals surface area contributed by atoms with Crippen LogP contribution in [0, 0.1) is 9.52 Å². The fourth-order valence-corrected chi connectivity index (χ4v) is 2.45. The van der Waals surface area contributed by atoms with Gasteiger partial charge in [-0.2, -0.15) is 4.39 Å². The maximum atomic E-state index is 12.7. The molecule has 0 aliphatic heterocycles. The summed E-state index contributed by atoms with van der Waals surface area (Å²) in [5.74, 6) is -0.870. The molecule has 6 heteroatoms. The molecule has 1 aromatic rings. The highest BCUT2D eigenvalue weighted by atomic mass is 127. The summed E-state index contributed by atoms with van der Waals surface area (Å²) in [5.41, 5.74) is -0.00144. The first-order valence-electron chi connectivity index (χ1n) is 3.25. The molecule has 1 heterocycles. The van der Waals surface area contributed by atoms with Crippen molar-refractivity contribution in [2.45, 2.75) is 11.8 Å². The third kappa shape index (κ3) is 2.55. The van der Waals surface area contributed by atoms with Crippen molar-refractivity contribution in [1.29, 1.82) is 0 Å². The van der Waals surface area contributed by atoms with Crippen LogP contribution >= 0.6 is 38.5 Å². The predicted molar refractivity (Wildman–Crippen MR) is 54.5 cm³/mol. The highest BCUT2D eigenvalue weighted by Gasteiger charge is 2.16. The highest BCUT2D eigenvalue weighted by Crippen LogP contribution is 2.27. The number of pyridine rings is 1. The molecule has 0 aromatic carbocycles. The van der Waals surface area contributed by atoms with Gasteiger partial charge in [0.25, 0.3) is 6.43 Å². The van der Waals surface area contributed by atoms with Crippen LogP contribution in [0.2, 0.25) is 0 Å². The first kappa shape index (κ1) is 11.2. The molecule has 72 valence electrons. The lowest BCUT2D eigenvalue weighted by atomic mass is 10.2. The first-order valence-corrected chi connectivity index (χ1v) is 5.45. The smallest absolute Gasteiger partial charge is 0.223 e. The Morgan fingerprint density at radius 1 is 1.54 bits per heavy atom. The SMILES string of the molecule is Fc1cc(C(F)F)c(I)c(CBr)n1. The summed E-state index contributed by atoms with van der Waals surface area (Å²) < 4.78 is 37.6. The fraction of sp³-hybridized carbons (Fsp3) is 0.286. The van der Waals surface area contributed by atoms with Gasteiger partial charge in [-0.1, -0.05) is 15.9 Å². The van der Waals surface area contributed by atoms with Gasteiger partial charge in [-0.3, -0.25) is 0 Å². The number of halogens is 5. The quantitative estimate of drug-likeness (QED) is 0.443. The summed E-state index contributed by atoms with van der Waals surface area (Å²) >= 11 is 4.78. The number of hydrogen-bond acceptors (Lipinski definition) is 1. The molecule has 0 amide bonds. The van der Waals surface area contributed by atoms with E-state index in [0.29, 0.717) is 9.26 Å². The van der Waals surface area contributed by atoms with E-state index in [4.69, 9.17) is 0 Å². The fourth-order valence-electron chi connectivity index (χ4n) is 0.816. The van der Waals surface area contributed by atoms with E-state index in [-0.39, 0.29) is 10.9 Å². The zero-order chi connectivity index (χ0) is 10.0. The van der Waals surface area contributed by atoms with E-state index in [1.807, 2.05) is 0 Å². The first-order chi connectivity index (χ1) is 6.06. The van der Waals surface area contributed by atoms with Crippen molar-refractivity contribution in [1.82, 2.24) is 4.98 Å². The molecule has 0 saturated heterocycles. The molecule has 0 N–H and O–H groups in total. The third-order valence-electron chi connectivity index (χ3n) is 1.38. The Morgan fingerprint density at radius 3 is 2.62 bits per heavy atom. The predicted octanol–water partition coefficient (Wildman–Crippen LogP) is 3.66. The Kier molecular flexibility index (Phi) is 3.96. The third-order valence-corrected chi connectivity index (χ3v) is 3.16. The lowest BCUT2D eigenvalue weighted by Gasteiger charge is -2.06. The van der Waals surface area contributed by atoms with Crippen molar-refractivity contribution in [3.8, 4) is 0 Å². The molecular weight excluding hydrogens is 362 g/mol. The summed E-state index contributed by atoms with van der Waals surface area (Å²) in [6.07, 6.45) is -2.66. The molecular formula is C7H4BrF3IN. The van der Waals surface area contributed by atoms with Crippen LogP contribution in [0.25, 0.3) is 0 Å². The molecule has 0 radical (unpaired) electrons. The van der Waals surface area contributed by atoms with Crippen molar-refractivity contribution >= 4 is 38.5 Å². The Balaban J connectivity index is 3.27. The molecule has 0 spiro atoms. The topological polar surface area (TPSA) is 12.9 Å². The van der Waals surface area contributed by atoms with E-state index in [1.165, 1.54) is 0 Å². The molecule has 0 bridgehead atoms. The number of aromatic nitrogens is 1. The second-order valence-corrected chi connectivity index (χ2v) is 3.87. The van der Waals surface area contributed by atoms with Crippen LogP contribution in [0.1, 0.15) is 17.7 Å². The van der Waals surface area contributed by atoms with Crippen molar-refractivity contribution < 1.29 is 13.2 Å². The minimum absolute atomic E-state index is 0.267.